The monoisotopic (exact) mass is 192 g/mol. The summed E-state index contributed by atoms with van der Waals surface area (Å²) in [5.74, 6) is -1.22. The molecule has 60 valence electrons. The van der Waals surface area contributed by atoms with Gasteiger partial charge in [-0.3, -0.25) is 9.59 Å². The molecule has 0 saturated heterocycles. The highest BCUT2D eigenvalue weighted by molar-refractivity contribution is 6.47. The zero-order valence-corrected chi connectivity index (χ0v) is 7.10. The van der Waals surface area contributed by atoms with Gasteiger partial charge in [0.05, 0.1) is 10.8 Å². The SMILES string of the molecule is O=C1C(=O)C2CC1C(Cl)C2Cl. The number of hydrogen-bond acceptors (Lipinski definition) is 2. The van der Waals surface area contributed by atoms with Gasteiger partial charge in [0.25, 0.3) is 0 Å². The molecule has 4 atom stereocenters. The third-order valence-corrected chi connectivity index (χ3v) is 3.78. The van der Waals surface area contributed by atoms with Crippen LogP contribution in [0, 0.1) is 11.8 Å². The topological polar surface area (TPSA) is 34.1 Å². The lowest BCUT2D eigenvalue weighted by molar-refractivity contribution is -0.138. The molecule has 4 heteroatoms. The van der Waals surface area contributed by atoms with Crippen molar-refractivity contribution in [1.29, 1.82) is 0 Å². The van der Waals surface area contributed by atoms with E-state index in [-0.39, 0.29) is 34.2 Å². The van der Waals surface area contributed by atoms with Gasteiger partial charge in [0, 0.05) is 11.8 Å². The molecule has 2 rings (SSSR count). The molecule has 0 aromatic heterocycles. The first-order valence-electron chi connectivity index (χ1n) is 3.49. The van der Waals surface area contributed by atoms with E-state index >= 15 is 0 Å². The summed E-state index contributed by atoms with van der Waals surface area (Å²) in [6, 6.07) is 0. The van der Waals surface area contributed by atoms with Crippen LogP contribution in [0.3, 0.4) is 0 Å². The van der Waals surface area contributed by atoms with Crippen LogP contribution in [0.15, 0.2) is 0 Å². The normalized spacial score (nSPS) is 48.9. The summed E-state index contributed by atoms with van der Waals surface area (Å²) >= 11 is 11.6. The molecule has 2 bridgehead atoms. The van der Waals surface area contributed by atoms with Crippen molar-refractivity contribution in [2.45, 2.75) is 17.2 Å². The molecular formula is C7H6Cl2O2. The number of alkyl halides is 2. The second-order valence-electron chi connectivity index (χ2n) is 3.07. The van der Waals surface area contributed by atoms with Crippen LogP contribution in [0.1, 0.15) is 6.42 Å². The van der Waals surface area contributed by atoms with Gasteiger partial charge in [-0.05, 0) is 6.42 Å². The summed E-state index contributed by atoms with van der Waals surface area (Å²) in [5.41, 5.74) is 0. The first-order chi connectivity index (χ1) is 5.13. The van der Waals surface area contributed by atoms with Crippen molar-refractivity contribution < 1.29 is 9.59 Å². The zero-order valence-electron chi connectivity index (χ0n) is 5.59. The second-order valence-corrected chi connectivity index (χ2v) is 4.07. The van der Waals surface area contributed by atoms with Crippen LogP contribution in [0.5, 0.6) is 0 Å². The summed E-state index contributed by atoms with van der Waals surface area (Å²) in [6.45, 7) is 0. The maximum Gasteiger partial charge on any atom is 0.203 e. The molecule has 2 nitrogen and oxygen atoms in total. The molecule has 0 heterocycles. The lowest BCUT2D eigenvalue weighted by Gasteiger charge is -2.18. The maximum atomic E-state index is 11.0. The fourth-order valence-electron chi connectivity index (χ4n) is 1.85. The Kier molecular flexibility index (Phi) is 1.52. The second kappa shape index (κ2) is 2.20. The molecule has 2 aliphatic rings. The van der Waals surface area contributed by atoms with Gasteiger partial charge in [-0.2, -0.15) is 0 Å². The average molecular weight is 193 g/mol. The van der Waals surface area contributed by atoms with Gasteiger partial charge < -0.3 is 0 Å². The van der Waals surface area contributed by atoms with Gasteiger partial charge in [0.15, 0.2) is 0 Å². The molecular weight excluding hydrogens is 187 g/mol. The quantitative estimate of drug-likeness (QED) is 0.424. The van der Waals surface area contributed by atoms with Crippen molar-refractivity contribution >= 4 is 34.8 Å². The number of ketones is 2. The van der Waals surface area contributed by atoms with E-state index in [0.717, 1.165) is 0 Å². The van der Waals surface area contributed by atoms with Gasteiger partial charge in [-0.15, -0.1) is 23.2 Å². The van der Waals surface area contributed by atoms with Crippen molar-refractivity contribution in [3.05, 3.63) is 0 Å². The number of carbonyl (C=O) groups excluding carboxylic acids is 2. The number of Topliss-reactive ketones (excluding diaryl/α,β-unsaturated/α-hetero) is 2. The molecule has 2 saturated carbocycles. The Morgan fingerprint density at radius 1 is 1.00 bits per heavy atom. The van der Waals surface area contributed by atoms with Crippen LogP contribution in [-0.2, 0) is 9.59 Å². The van der Waals surface area contributed by atoms with E-state index in [9.17, 15) is 9.59 Å². The van der Waals surface area contributed by atoms with Gasteiger partial charge >= 0.3 is 0 Å². The Balaban J connectivity index is 2.35. The third kappa shape index (κ3) is 0.798. The Morgan fingerprint density at radius 3 is 1.64 bits per heavy atom. The number of halogens is 2. The molecule has 0 N–H and O–H groups in total. The third-order valence-electron chi connectivity index (χ3n) is 2.50. The lowest BCUT2D eigenvalue weighted by atomic mass is 9.97. The molecule has 0 radical (unpaired) electrons. The average Bonchev–Trinajstić information content (AvgIpc) is 2.40. The van der Waals surface area contributed by atoms with E-state index in [1.165, 1.54) is 0 Å². The highest BCUT2D eigenvalue weighted by Gasteiger charge is 2.56. The van der Waals surface area contributed by atoms with Gasteiger partial charge in [0.1, 0.15) is 0 Å². The van der Waals surface area contributed by atoms with Crippen LogP contribution in [-0.4, -0.2) is 22.3 Å². The van der Waals surface area contributed by atoms with E-state index in [1.807, 2.05) is 0 Å². The Morgan fingerprint density at radius 2 is 1.36 bits per heavy atom. The standard InChI is InChI=1S/C7H6Cl2O2/c8-4-2-1-3(5(4)9)7(11)6(2)10/h2-5H,1H2. The van der Waals surface area contributed by atoms with E-state index in [2.05, 4.69) is 0 Å². The van der Waals surface area contributed by atoms with Crippen LogP contribution < -0.4 is 0 Å². The van der Waals surface area contributed by atoms with Crippen molar-refractivity contribution in [2.24, 2.45) is 11.8 Å². The Hall–Kier alpha value is -0.0800. The van der Waals surface area contributed by atoms with Crippen molar-refractivity contribution in [3.63, 3.8) is 0 Å². The van der Waals surface area contributed by atoms with E-state index in [0.29, 0.717) is 6.42 Å². The van der Waals surface area contributed by atoms with Crippen LogP contribution in [0.2, 0.25) is 0 Å². The summed E-state index contributed by atoms with van der Waals surface area (Å²) in [7, 11) is 0. The van der Waals surface area contributed by atoms with Gasteiger partial charge in [-0.1, -0.05) is 0 Å². The highest BCUT2D eigenvalue weighted by atomic mass is 35.5. The minimum atomic E-state index is -0.327. The van der Waals surface area contributed by atoms with E-state index in [1.54, 1.807) is 0 Å². The van der Waals surface area contributed by atoms with Crippen molar-refractivity contribution in [3.8, 4) is 0 Å². The van der Waals surface area contributed by atoms with Crippen LogP contribution in [0.4, 0.5) is 0 Å². The summed E-state index contributed by atoms with van der Waals surface area (Å²) in [6.07, 6.45) is 0.569. The summed E-state index contributed by atoms with van der Waals surface area (Å²) in [4.78, 5) is 22.1. The van der Waals surface area contributed by atoms with Gasteiger partial charge in [0.2, 0.25) is 11.6 Å². The maximum absolute atomic E-state index is 11.0. The summed E-state index contributed by atoms with van der Waals surface area (Å²) < 4.78 is 0. The molecule has 0 aromatic carbocycles. The molecule has 2 fully saturated rings. The first kappa shape index (κ1) is 7.56. The van der Waals surface area contributed by atoms with Gasteiger partial charge in [-0.25, -0.2) is 0 Å². The Labute approximate surface area is 73.8 Å². The fraction of sp³-hybridized carbons (Fsp3) is 0.714. The Bertz CT molecular complexity index is 215. The fourth-order valence-corrected chi connectivity index (χ4v) is 2.63. The first-order valence-corrected chi connectivity index (χ1v) is 4.36. The summed E-state index contributed by atoms with van der Waals surface area (Å²) in [5, 5.41) is -0.654. The van der Waals surface area contributed by atoms with E-state index in [4.69, 9.17) is 23.2 Å². The predicted octanol–water partition coefficient (Wildman–Crippen LogP) is 0.989. The number of rotatable bonds is 0. The van der Waals surface area contributed by atoms with Crippen LogP contribution in [0.25, 0.3) is 0 Å². The molecule has 0 spiro atoms. The van der Waals surface area contributed by atoms with Crippen molar-refractivity contribution in [2.75, 3.05) is 0 Å². The minimum Gasteiger partial charge on any atom is -0.291 e. The van der Waals surface area contributed by atoms with Crippen LogP contribution >= 0.6 is 23.2 Å². The molecule has 0 amide bonds. The molecule has 0 aliphatic heterocycles. The van der Waals surface area contributed by atoms with Crippen molar-refractivity contribution in [1.82, 2.24) is 0 Å². The molecule has 0 aromatic rings. The molecule has 4 unspecified atom stereocenters. The predicted molar refractivity (Wildman–Crippen MR) is 40.9 cm³/mol. The smallest absolute Gasteiger partial charge is 0.203 e. The van der Waals surface area contributed by atoms with E-state index < -0.39 is 0 Å². The minimum absolute atomic E-state index is 0.295. The molecule has 11 heavy (non-hydrogen) atoms. The zero-order chi connectivity index (χ0) is 8.17. The highest BCUT2D eigenvalue weighted by Crippen LogP contribution is 2.45. The number of hydrogen-bond donors (Lipinski definition) is 0. The number of fused-ring (bicyclic) bond motifs is 2. The number of carbonyl (C=O) groups is 2. The lowest BCUT2D eigenvalue weighted by Crippen LogP contribution is -2.36. The molecule has 2 aliphatic carbocycles. The largest absolute Gasteiger partial charge is 0.291 e.